The van der Waals surface area contributed by atoms with E-state index in [1.54, 1.807) is 39.4 Å². The smallest absolute Gasteiger partial charge is 0.345 e. The third kappa shape index (κ3) is 11.3. The summed E-state index contributed by atoms with van der Waals surface area (Å²) in [6.07, 6.45) is 0. The Hall–Kier alpha value is -7.42. The summed E-state index contributed by atoms with van der Waals surface area (Å²) in [6.45, 7) is 1.62. The van der Waals surface area contributed by atoms with E-state index >= 15 is 0 Å². The molecule has 6 aromatic carbocycles. The number of nitrogens with one attached hydrogen (secondary N) is 1. The van der Waals surface area contributed by atoms with Crippen molar-refractivity contribution in [3.8, 4) is 17.2 Å². The minimum atomic E-state index is -1.10. The Bertz CT molecular complexity index is 3650. The van der Waals surface area contributed by atoms with Gasteiger partial charge in [-0.3, -0.25) is 14.4 Å². The lowest BCUT2D eigenvalue weighted by Crippen LogP contribution is -2.30. The lowest BCUT2D eigenvalue weighted by Gasteiger charge is -2.18. The summed E-state index contributed by atoms with van der Waals surface area (Å²) < 4.78 is 0. The predicted molar refractivity (Wildman–Crippen MR) is 313 cm³/mol. The third-order valence-corrected chi connectivity index (χ3v) is 17.6. The molecule has 404 valence electrons. The van der Waals surface area contributed by atoms with E-state index < -0.39 is 23.2 Å². The number of nitrogens with zero attached hydrogens (tertiary/aromatic N) is 2. The van der Waals surface area contributed by atoms with Crippen LogP contribution < -0.4 is 15.1 Å². The van der Waals surface area contributed by atoms with Crippen LogP contribution >= 0.6 is 80.4 Å². The van der Waals surface area contributed by atoms with Crippen LogP contribution in [-0.2, 0) is 0 Å². The Kier molecular flexibility index (Phi) is 17.0. The van der Waals surface area contributed by atoms with Gasteiger partial charge in [-0.05, 0) is 62.6 Å². The summed E-state index contributed by atoms with van der Waals surface area (Å²) in [5.74, 6) is -1.78. The highest BCUT2D eigenvalue weighted by Gasteiger charge is 2.38. The molecule has 0 radical (unpaired) electrons. The molecule has 15 nitrogen and oxygen atoms in total. The van der Waals surface area contributed by atoms with Crippen molar-refractivity contribution in [2.24, 2.45) is 0 Å². The van der Waals surface area contributed by atoms with Crippen molar-refractivity contribution in [1.29, 1.82) is 0 Å². The number of carbonyl (C=O) groups excluding carboxylic acids is 3. The highest BCUT2D eigenvalue weighted by Crippen LogP contribution is 2.48. The maximum absolute atomic E-state index is 13.8. The third-order valence-electron chi connectivity index (χ3n) is 13.5. The topological polar surface area (TPSA) is 242 Å². The molecule has 3 atom stereocenters. The maximum Gasteiger partial charge on any atom is 0.345 e. The SMILES string of the molecule is O=C(Cl)c1csc(C(=O)O)c1.O=C(O)c1csc(C(=O)O)c1.O=C(c1csc(C(=O)N2C[C@@H](CCl)c3c2cc(O)c2ccccc32)c1)N1C[C@@H](CCl)c2c1cc(O)c1ccccc21.Oc1cc2c(c3ccccc13)C(CCl)CN2. The maximum atomic E-state index is 13.8. The Labute approximate surface area is 481 Å². The Morgan fingerprint density at radius 3 is 1.29 bits per heavy atom. The number of amides is 2. The first-order chi connectivity index (χ1) is 37.9. The van der Waals surface area contributed by atoms with Crippen LogP contribution in [0.15, 0.2) is 125 Å². The van der Waals surface area contributed by atoms with E-state index in [0.29, 0.717) is 64.2 Å². The summed E-state index contributed by atoms with van der Waals surface area (Å²) in [4.78, 5) is 72.7. The van der Waals surface area contributed by atoms with Crippen LogP contribution in [-0.4, -0.2) is 103 Å². The number of aromatic hydroxyl groups is 3. The molecule has 1 unspecified atom stereocenters. The summed E-state index contributed by atoms with van der Waals surface area (Å²) in [7, 11) is 0. The van der Waals surface area contributed by atoms with Gasteiger partial charge >= 0.3 is 17.9 Å². The van der Waals surface area contributed by atoms with Gasteiger partial charge < -0.3 is 45.8 Å². The molecule has 0 aliphatic carbocycles. The first-order valence-electron chi connectivity index (χ1n) is 23.9. The second-order valence-electron chi connectivity index (χ2n) is 18.2. The zero-order valence-corrected chi connectivity index (χ0v) is 46.3. The number of carboxylic acids is 3. The van der Waals surface area contributed by atoms with Gasteiger partial charge in [-0.2, -0.15) is 0 Å². The van der Waals surface area contributed by atoms with Gasteiger partial charge in [0.2, 0.25) is 0 Å². The predicted octanol–water partition coefficient (Wildman–Crippen LogP) is 13.7. The molecule has 3 aliphatic heterocycles. The summed E-state index contributed by atoms with van der Waals surface area (Å²) >= 11 is 26.9. The van der Waals surface area contributed by atoms with Gasteiger partial charge in [-0.25, -0.2) is 14.4 Å². The monoisotopic (exact) mass is 1200 g/mol. The fourth-order valence-electron chi connectivity index (χ4n) is 9.88. The molecule has 7 N–H and O–H groups in total. The number of rotatable bonds is 9. The van der Waals surface area contributed by atoms with Gasteiger partial charge in [0.25, 0.3) is 17.1 Å². The van der Waals surface area contributed by atoms with Gasteiger partial charge in [0, 0.05) is 117 Å². The number of alkyl halides is 3. The molecule has 9 aromatic rings. The molecule has 3 aliphatic rings. The zero-order chi connectivity index (χ0) is 56.4. The molecule has 79 heavy (non-hydrogen) atoms. The average molecular weight is 1200 g/mol. The molecular formula is C57H43Cl4N3O12S3. The first kappa shape index (κ1) is 56.3. The van der Waals surface area contributed by atoms with E-state index in [9.17, 15) is 44.1 Å². The first-order valence-corrected chi connectivity index (χ1v) is 28.5. The number of phenols is 3. The number of anilines is 3. The number of halogens is 4. The normalized spacial score (nSPS) is 15.6. The molecule has 0 spiro atoms. The van der Waals surface area contributed by atoms with E-state index in [2.05, 4.69) is 5.32 Å². The quantitative estimate of drug-likeness (QED) is 0.0526. The Morgan fingerprint density at radius 1 is 0.481 bits per heavy atom. The molecule has 6 heterocycles. The van der Waals surface area contributed by atoms with Crippen molar-refractivity contribution in [2.45, 2.75) is 17.8 Å². The fourth-order valence-corrected chi connectivity index (χ4v) is 13.1. The van der Waals surface area contributed by atoms with Crippen LogP contribution in [0.4, 0.5) is 17.1 Å². The number of carboxylic acid groups (broad SMARTS) is 3. The van der Waals surface area contributed by atoms with Gasteiger partial charge in [0.1, 0.15) is 27.0 Å². The summed E-state index contributed by atoms with van der Waals surface area (Å²) in [5, 5.41) is 68.9. The molecule has 0 fully saturated rings. The lowest BCUT2D eigenvalue weighted by atomic mass is 9.95. The van der Waals surface area contributed by atoms with Crippen LogP contribution in [0.2, 0.25) is 0 Å². The molecule has 0 saturated carbocycles. The highest BCUT2D eigenvalue weighted by atomic mass is 35.5. The minimum absolute atomic E-state index is 0.0207. The average Bonchev–Trinajstić information content (AvgIpc) is 4.51. The molecule has 0 saturated heterocycles. The number of phenolic OH excluding ortho intramolecular Hbond substituents is 3. The lowest BCUT2D eigenvalue weighted by molar-refractivity contribution is 0.0686. The number of thiophene rings is 3. The van der Waals surface area contributed by atoms with E-state index in [4.69, 9.17) is 61.7 Å². The second-order valence-corrected chi connectivity index (χ2v) is 22.2. The molecule has 0 bridgehead atoms. The Morgan fingerprint density at radius 2 is 0.873 bits per heavy atom. The summed E-state index contributed by atoms with van der Waals surface area (Å²) in [6, 6.07) is 32.1. The number of hydrogen-bond acceptors (Lipinski definition) is 13. The van der Waals surface area contributed by atoms with Gasteiger partial charge in [-0.15, -0.1) is 68.8 Å². The van der Waals surface area contributed by atoms with Crippen molar-refractivity contribution in [1.82, 2.24) is 0 Å². The van der Waals surface area contributed by atoms with Crippen LogP contribution in [0.25, 0.3) is 32.3 Å². The number of hydrogen-bond donors (Lipinski definition) is 7. The molecule has 3 aromatic heterocycles. The van der Waals surface area contributed by atoms with Crippen molar-refractivity contribution in [3.63, 3.8) is 0 Å². The number of carbonyl (C=O) groups is 6. The van der Waals surface area contributed by atoms with Crippen molar-refractivity contribution >= 4 is 165 Å². The molecule has 22 heteroatoms. The van der Waals surface area contributed by atoms with E-state index in [1.807, 2.05) is 72.8 Å². The van der Waals surface area contributed by atoms with Gasteiger partial charge in [0.05, 0.1) is 27.4 Å². The van der Waals surface area contributed by atoms with Crippen molar-refractivity contribution in [3.05, 3.63) is 173 Å². The second kappa shape index (κ2) is 23.9. The van der Waals surface area contributed by atoms with Crippen LogP contribution in [0.5, 0.6) is 17.2 Å². The summed E-state index contributed by atoms with van der Waals surface area (Å²) in [5.41, 5.74) is 6.06. The minimum Gasteiger partial charge on any atom is -0.507 e. The van der Waals surface area contributed by atoms with Crippen molar-refractivity contribution < 1.29 is 59.4 Å². The largest absolute Gasteiger partial charge is 0.507 e. The van der Waals surface area contributed by atoms with Crippen molar-refractivity contribution in [2.75, 3.05) is 52.4 Å². The Balaban J connectivity index is 0.000000161. The van der Waals surface area contributed by atoms with Crippen LogP contribution in [0, 0.1) is 0 Å². The van der Waals surface area contributed by atoms with E-state index in [1.165, 1.54) is 33.7 Å². The number of benzene rings is 6. The van der Waals surface area contributed by atoms with E-state index in [-0.39, 0.29) is 56.0 Å². The highest BCUT2D eigenvalue weighted by molar-refractivity contribution is 7.13. The fraction of sp³-hybridized carbons (Fsp3) is 0.158. The van der Waals surface area contributed by atoms with Crippen LogP contribution in [0.3, 0.4) is 0 Å². The molecule has 12 rings (SSSR count). The van der Waals surface area contributed by atoms with Gasteiger partial charge in [0.15, 0.2) is 0 Å². The molecule has 2 amide bonds. The number of fused-ring (bicyclic) bond motifs is 9. The van der Waals surface area contributed by atoms with E-state index in [0.717, 1.165) is 84.4 Å². The van der Waals surface area contributed by atoms with Crippen LogP contribution in [0.1, 0.15) is 94.5 Å². The number of aromatic carboxylic acids is 3. The standard InChI is InChI=1S/C32H24Cl2N2O4S.C13H12ClNO.C6H3ClO3S.C6H4O4S/c33-12-18-14-35(24-10-26(37)20-5-1-3-7-22(20)29(18)24)31(39)17-9-28(41-16-17)32(40)36-15-19(13-34)30-23-8-4-2-6-21(23)27(38)11-25(30)36;14-6-8-7-15-11-5-12(16)9-3-1-2-4-10(9)13(8)11;2*7-5(8)3-1-4(6(9)10)11-2-3/h1-11,16,18-19,37-38H,12-15H2;1-5,8,15-16H,6-7H2;1-2H,(H,9,10);1-2H,(H,7,8)(H,9,10)/t18-,19-;;;/m1.../s1. The molecular weight excluding hydrogens is 1160 g/mol. The van der Waals surface area contributed by atoms with Gasteiger partial charge in [-0.1, -0.05) is 72.8 Å². The zero-order valence-electron chi connectivity index (χ0n) is 40.9.